The molecule has 0 unspecified atom stereocenters. The van der Waals surface area contributed by atoms with Gasteiger partial charge in [0.05, 0.1) is 56.5 Å². The predicted octanol–water partition coefficient (Wildman–Crippen LogP) is 8.99. The van der Waals surface area contributed by atoms with E-state index in [-0.39, 0.29) is 64.8 Å². The minimum Gasteiger partial charge on any atom is -0.493 e. The number of Topliss-reactive ketones (excluding diaryl/α,β-unsaturated/α-hetero) is 2. The van der Waals surface area contributed by atoms with Crippen LogP contribution in [0.1, 0.15) is 96.5 Å². The average molecular weight is 1050 g/mol. The third-order valence-corrected chi connectivity index (χ3v) is 16.3. The number of benzene rings is 5. The number of aryl methyl sites for hydroxylation is 5. The molecule has 2 aromatic heterocycles. The normalized spacial score (nSPS) is 15.2. The smallest absolute Gasteiger partial charge is 0.328 e. The third kappa shape index (κ3) is 12.5. The molecule has 2 amide bonds. The number of amides is 2. The highest BCUT2D eigenvalue weighted by atomic mass is 32.2. The molecule has 0 spiro atoms. The second-order valence-corrected chi connectivity index (χ2v) is 23.1. The van der Waals surface area contributed by atoms with Crippen molar-refractivity contribution in [3.05, 3.63) is 159 Å². The van der Waals surface area contributed by atoms with E-state index in [0.717, 1.165) is 33.7 Å². The summed E-state index contributed by atoms with van der Waals surface area (Å²) in [6.45, 7) is 9.94. The molecule has 75 heavy (non-hydrogen) atoms. The molecule has 17 heteroatoms. The lowest BCUT2D eigenvalue weighted by molar-refractivity contribution is -0.141. The van der Waals surface area contributed by atoms with E-state index in [1.807, 2.05) is 64.4 Å². The molecular formula is C58H63N5O10S2. The lowest BCUT2D eigenvalue weighted by Gasteiger charge is -2.35. The van der Waals surface area contributed by atoms with E-state index in [1.165, 1.54) is 32.2 Å². The fourth-order valence-corrected chi connectivity index (χ4v) is 11.6. The van der Waals surface area contributed by atoms with E-state index in [2.05, 4.69) is 10.3 Å². The molecule has 1 saturated heterocycles. The molecule has 15 nitrogen and oxygen atoms in total. The van der Waals surface area contributed by atoms with Gasteiger partial charge in [0.25, 0.3) is 5.91 Å². The molecule has 8 rings (SSSR count). The van der Waals surface area contributed by atoms with Gasteiger partial charge in [0.15, 0.2) is 21.4 Å². The van der Waals surface area contributed by atoms with Crippen LogP contribution in [-0.4, -0.2) is 87.3 Å². The zero-order valence-corrected chi connectivity index (χ0v) is 44.9. The van der Waals surface area contributed by atoms with Crippen LogP contribution in [0.3, 0.4) is 0 Å². The molecule has 1 aliphatic rings. The minimum atomic E-state index is -4.07. The number of hydrogen-bond donors (Lipinski definition) is 2. The second kappa shape index (κ2) is 22.7. The molecule has 0 radical (unpaired) electrons. The van der Waals surface area contributed by atoms with Gasteiger partial charge >= 0.3 is 5.69 Å². The van der Waals surface area contributed by atoms with E-state index in [1.54, 1.807) is 92.2 Å². The third-order valence-electron chi connectivity index (χ3n) is 13.6. The number of aliphatic hydroxyl groups is 1. The Bertz CT molecular complexity index is 3430. The first-order valence-corrected chi connectivity index (χ1v) is 27.6. The number of sulfone groups is 1. The maximum Gasteiger partial charge on any atom is 0.328 e. The lowest BCUT2D eigenvalue weighted by atomic mass is 9.85. The Morgan fingerprint density at radius 1 is 0.840 bits per heavy atom. The van der Waals surface area contributed by atoms with Gasteiger partial charge in [-0.25, -0.2) is 18.2 Å². The molecule has 392 valence electrons. The maximum atomic E-state index is 14.3. The van der Waals surface area contributed by atoms with Gasteiger partial charge in [0.1, 0.15) is 23.3 Å². The number of carbonyl (C=O) groups is 4. The summed E-state index contributed by atoms with van der Waals surface area (Å²) in [7, 11) is -0.819. The van der Waals surface area contributed by atoms with Crippen molar-refractivity contribution < 1.29 is 42.2 Å². The van der Waals surface area contributed by atoms with Gasteiger partial charge in [-0.15, -0.1) is 11.3 Å². The number of rotatable bonds is 20. The Morgan fingerprint density at radius 2 is 1.49 bits per heavy atom. The molecule has 0 saturated carbocycles. The second-order valence-electron chi connectivity index (χ2n) is 20.3. The number of aliphatic hydroxyl groups excluding tert-OH is 1. The van der Waals surface area contributed by atoms with Crippen molar-refractivity contribution in [2.45, 2.75) is 102 Å². The summed E-state index contributed by atoms with van der Waals surface area (Å²) in [6, 6.07) is 29.1. The van der Waals surface area contributed by atoms with Gasteiger partial charge in [-0.1, -0.05) is 82.3 Å². The summed E-state index contributed by atoms with van der Waals surface area (Å²) in [5.41, 5.74) is 6.42. The van der Waals surface area contributed by atoms with E-state index < -0.39 is 51.0 Å². The van der Waals surface area contributed by atoms with Crippen LogP contribution in [0.25, 0.3) is 21.5 Å². The lowest BCUT2D eigenvalue weighted by Crippen LogP contribution is -2.56. The van der Waals surface area contributed by atoms with Crippen LogP contribution in [-0.2, 0) is 52.1 Å². The van der Waals surface area contributed by atoms with Gasteiger partial charge in [-0.2, -0.15) is 0 Å². The minimum absolute atomic E-state index is 0.0222. The van der Waals surface area contributed by atoms with Crippen LogP contribution >= 0.6 is 11.3 Å². The Hall–Kier alpha value is -7.21. The number of nitrogens with zero attached hydrogens (tertiary/aromatic N) is 4. The average Bonchev–Trinajstić information content (AvgIpc) is 4.08. The van der Waals surface area contributed by atoms with Crippen LogP contribution < -0.4 is 20.5 Å². The number of carbonyl (C=O) groups excluding carboxylic acids is 4. The van der Waals surface area contributed by atoms with Crippen molar-refractivity contribution >= 4 is 55.6 Å². The number of fused-ring (bicyclic) bond motifs is 1. The molecule has 1 fully saturated rings. The highest BCUT2D eigenvalue weighted by Gasteiger charge is 2.44. The number of hydrogen-bond acceptors (Lipinski definition) is 12. The molecule has 0 bridgehead atoms. The van der Waals surface area contributed by atoms with Crippen LogP contribution in [0.5, 0.6) is 17.2 Å². The topological polar surface area (TPSA) is 196 Å². The van der Waals surface area contributed by atoms with Crippen LogP contribution in [0.15, 0.2) is 124 Å². The molecular weight excluding hydrogens is 991 g/mol. The van der Waals surface area contributed by atoms with Crippen molar-refractivity contribution in [2.24, 2.45) is 19.5 Å². The van der Waals surface area contributed by atoms with Crippen LogP contribution in [0, 0.1) is 12.3 Å². The Balaban J connectivity index is 0.893. The molecule has 3 heterocycles. The van der Waals surface area contributed by atoms with Crippen LogP contribution in [0.4, 0.5) is 0 Å². The number of β-amino-alcohol motifs (C(OH)–C–C–N with tert-alkyl or cyclic N) is 1. The Morgan fingerprint density at radius 3 is 2.16 bits per heavy atom. The Labute approximate surface area is 441 Å². The fraction of sp³-hybridized carbons (Fsp3) is 0.345. The molecule has 1 aliphatic heterocycles. The monoisotopic (exact) mass is 1050 g/mol. The van der Waals surface area contributed by atoms with E-state index >= 15 is 0 Å². The highest BCUT2D eigenvalue weighted by molar-refractivity contribution is 7.90. The first kappa shape index (κ1) is 54.1. The number of ketones is 2. The molecule has 0 aliphatic carbocycles. The summed E-state index contributed by atoms with van der Waals surface area (Å²) in [5.74, 6) is -0.605. The largest absolute Gasteiger partial charge is 0.493 e. The van der Waals surface area contributed by atoms with Crippen molar-refractivity contribution in [3.63, 3.8) is 0 Å². The van der Waals surface area contributed by atoms with E-state index in [9.17, 15) is 37.5 Å². The molecule has 2 N–H and O–H groups in total. The van der Waals surface area contributed by atoms with E-state index in [4.69, 9.17) is 9.47 Å². The number of ether oxygens (including phenoxy) is 2. The predicted molar refractivity (Wildman–Crippen MR) is 289 cm³/mol. The number of imidazole rings is 1. The summed E-state index contributed by atoms with van der Waals surface area (Å²) >= 11 is 1.57. The van der Waals surface area contributed by atoms with Crippen molar-refractivity contribution in [2.75, 3.05) is 13.2 Å². The zero-order valence-electron chi connectivity index (χ0n) is 43.3. The standard InChI is InChI=1S/C58H63N5O10S2/c1-8-27-72-44-12-10-13-45(31-44)73-52-32-48-47(61(6)57(69)62(48)7)29-42(52)34-75(70,71)46-14-9-11-41(28-46)50(65)25-19-38-17-23-40(24-18-38)55(67)60-54(58(3,4)5)56(68)63-33-43(64)30-49(63)51(66)26-20-37-15-21-39(22-16-37)53-36(2)59-35-74-53/h9-18,21-24,28-29,31-32,35,43,49,54,64H,8,19-20,25-27,30,33-34H2,1-7H3,(H,60,67)/t43-,49+,54-/m1/s1. The SMILES string of the molecule is CCCOc1cccc(Oc2cc3c(cc2CS(=O)(=O)c2cccc(C(=O)CCc4ccc(C(=O)N[C@H](C(=O)N5C[C@H](O)C[C@H]5C(=O)CCc5ccc(-c6scnc6C)cc5)C(C)(C)C)cc4)c2)n(C)c(=O)n3C)c1. The quantitative estimate of drug-likeness (QED) is 0.0692. The van der Waals surface area contributed by atoms with Crippen molar-refractivity contribution in [3.8, 4) is 27.7 Å². The maximum absolute atomic E-state index is 14.3. The first-order valence-electron chi connectivity index (χ1n) is 25.1. The fourth-order valence-electron chi connectivity index (χ4n) is 9.35. The highest BCUT2D eigenvalue weighted by Crippen LogP contribution is 2.35. The molecule has 7 aromatic rings. The Kier molecular flexibility index (Phi) is 16.4. The first-order chi connectivity index (χ1) is 35.7. The van der Waals surface area contributed by atoms with Gasteiger partial charge in [0, 0.05) is 68.7 Å². The van der Waals surface area contributed by atoms with Crippen molar-refractivity contribution in [1.29, 1.82) is 0 Å². The molecule has 3 atom stereocenters. The van der Waals surface area contributed by atoms with Gasteiger partial charge in [0.2, 0.25) is 5.91 Å². The number of likely N-dealkylation sites (tertiary alicyclic amines) is 1. The summed E-state index contributed by atoms with van der Waals surface area (Å²) in [6.07, 6.45) is 1.05. The number of thiazole rings is 1. The van der Waals surface area contributed by atoms with Crippen LogP contribution in [0.2, 0.25) is 0 Å². The summed E-state index contributed by atoms with van der Waals surface area (Å²) in [4.78, 5) is 75.1. The summed E-state index contributed by atoms with van der Waals surface area (Å²) < 4.78 is 43.3. The van der Waals surface area contributed by atoms with Crippen molar-refractivity contribution in [1.82, 2.24) is 24.3 Å². The van der Waals surface area contributed by atoms with E-state index in [0.29, 0.717) is 47.5 Å². The zero-order chi connectivity index (χ0) is 53.8. The summed E-state index contributed by atoms with van der Waals surface area (Å²) in [5, 5.41) is 13.6. The number of nitrogens with one attached hydrogen (secondary N) is 1. The molecule has 5 aromatic carbocycles. The van der Waals surface area contributed by atoms with Gasteiger partial charge in [-0.3, -0.25) is 28.3 Å². The van der Waals surface area contributed by atoms with Gasteiger partial charge in [-0.05, 0) is 90.8 Å². The van der Waals surface area contributed by atoms with Gasteiger partial charge < -0.3 is 24.8 Å². The number of aromatic nitrogens is 3.